The Morgan fingerprint density at radius 3 is 2.12 bits per heavy atom. The lowest BCUT2D eigenvalue weighted by molar-refractivity contribution is 0.459. The van der Waals surface area contributed by atoms with Gasteiger partial charge in [-0.1, -0.05) is 33.8 Å². The van der Waals surface area contributed by atoms with Crippen LogP contribution in [0.15, 0.2) is 18.3 Å². The van der Waals surface area contributed by atoms with Crippen molar-refractivity contribution in [2.75, 3.05) is 13.1 Å². The van der Waals surface area contributed by atoms with Crippen LogP contribution in [0.4, 0.5) is 0 Å². The first kappa shape index (κ1) is 16.1. The molecule has 0 unspecified atom stereocenters. The number of hydrogen-bond acceptors (Lipinski definition) is 2. The summed E-state index contributed by atoms with van der Waals surface area (Å²) < 4.78 is 0. The summed E-state index contributed by atoms with van der Waals surface area (Å²) in [5.74, 6) is 0.731. The molecule has 1 aliphatic heterocycles. The first-order valence-electron chi connectivity index (χ1n) is 6.99. The van der Waals surface area contributed by atoms with Crippen LogP contribution < -0.4 is 5.32 Å². The standard InChI is InChI=1S/C11H16N2.2C2H6/c1-9-2-3-11(8-13-9)10-4-6-12-7-5-10;2*1-2/h2-3,8,10,12H,4-7H2,1H3;2*1-2H3. The number of pyridine rings is 1. The zero-order chi connectivity index (χ0) is 13.1. The molecule has 0 radical (unpaired) electrons. The van der Waals surface area contributed by atoms with Crippen molar-refractivity contribution in [1.29, 1.82) is 0 Å². The van der Waals surface area contributed by atoms with E-state index < -0.39 is 0 Å². The average molecular weight is 236 g/mol. The summed E-state index contributed by atoms with van der Waals surface area (Å²) in [5.41, 5.74) is 2.52. The molecule has 2 heterocycles. The van der Waals surface area contributed by atoms with Crippen LogP contribution in [0.5, 0.6) is 0 Å². The Hall–Kier alpha value is -0.890. The largest absolute Gasteiger partial charge is 0.317 e. The van der Waals surface area contributed by atoms with Crippen molar-refractivity contribution in [2.45, 2.75) is 53.4 Å². The van der Waals surface area contributed by atoms with E-state index >= 15 is 0 Å². The highest BCUT2D eigenvalue weighted by Crippen LogP contribution is 2.24. The Labute approximate surface area is 107 Å². The van der Waals surface area contributed by atoms with Crippen LogP contribution >= 0.6 is 0 Å². The van der Waals surface area contributed by atoms with Crippen molar-refractivity contribution in [2.24, 2.45) is 0 Å². The first-order valence-corrected chi connectivity index (χ1v) is 6.99. The smallest absolute Gasteiger partial charge is 0.0372 e. The van der Waals surface area contributed by atoms with Crippen LogP contribution in [0.1, 0.15) is 57.7 Å². The van der Waals surface area contributed by atoms with Crippen molar-refractivity contribution in [1.82, 2.24) is 10.3 Å². The first-order chi connectivity index (χ1) is 8.36. The van der Waals surface area contributed by atoms with E-state index in [1.54, 1.807) is 0 Å². The molecular weight excluding hydrogens is 208 g/mol. The molecule has 0 amide bonds. The molecular formula is C15H28N2. The van der Waals surface area contributed by atoms with E-state index in [-0.39, 0.29) is 0 Å². The Kier molecular flexibility index (Phi) is 9.74. The van der Waals surface area contributed by atoms with Gasteiger partial charge < -0.3 is 5.32 Å². The molecule has 1 aromatic heterocycles. The molecule has 0 aromatic carbocycles. The molecule has 17 heavy (non-hydrogen) atoms. The maximum Gasteiger partial charge on any atom is 0.0372 e. The molecule has 0 spiro atoms. The molecule has 1 fully saturated rings. The summed E-state index contributed by atoms with van der Waals surface area (Å²) in [6.07, 6.45) is 4.54. The third-order valence-corrected chi connectivity index (χ3v) is 2.74. The molecule has 1 aliphatic rings. The fourth-order valence-corrected chi connectivity index (χ4v) is 1.88. The van der Waals surface area contributed by atoms with Crippen molar-refractivity contribution in [3.63, 3.8) is 0 Å². The van der Waals surface area contributed by atoms with Gasteiger partial charge in [0.1, 0.15) is 0 Å². The van der Waals surface area contributed by atoms with Crippen LogP contribution in [-0.4, -0.2) is 18.1 Å². The van der Waals surface area contributed by atoms with Gasteiger partial charge in [-0.25, -0.2) is 0 Å². The van der Waals surface area contributed by atoms with Crippen LogP contribution in [-0.2, 0) is 0 Å². The normalized spacial score (nSPS) is 15.1. The van der Waals surface area contributed by atoms with Gasteiger partial charge in [-0.15, -0.1) is 0 Å². The zero-order valence-electron chi connectivity index (χ0n) is 12.1. The van der Waals surface area contributed by atoms with E-state index in [4.69, 9.17) is 0 Å². The summed E-state index contributed by atoms with van der Waals surface area (Å²) in [7, 11) is 0. The number of aromatic nitrogens is 1. The fourth-order valence-electron chi connectivity index (χ4n) is 1.88. The average Bonchev–Trinajstić information content (AvgIpc) is 2.45. The van der Waals surface area contributed by atoms with Gasteiger partial charge in [-0.2, -0.15) is 0 Å². The van der Waals surface area contributed by atoms with E-state index in [1.807, 2.05) is 40.8 Å². The third kappa shape index (κ3) is 5.83. The summed E-state index contributed by atoms with van der Waals surface area (Å²) in [6.45, 7) is 12.3. The van der Waals surface area contributed by atoms with E-state index in [1.165, 1.54) is 18.4 Å². The van der Waals surface area contributed by atoms with Gasteiger partial charge in [-0.3, -0.25) is 4.98 Å². The molecule has 1 N–H and O–H groups in total. The van der Waals surface area contributed by atoms with Gasteiger partial charge in [0.05, 0.1) is 0 Å². The summed E-state index contributed by atoms with van der Waals surface area (Å²) in [6, 6.07) is 4.33. The Bertz CT molecular complexity index is 261. The third-order valence-electron chi connectivity index (χ3n) is 2.74. The van der Waals surface area contributed by atoms with Crippen molar-refractivity contribution >= 4 is 0 Å². The fraction of sp³-hybridized carbons (Fsp3) is 0.667. The number of nitrogens with one attached hydrogen (secondary N) is 1. The quantitative estimate of drug-likeness (QED) is 0.799. The van der Waals surface area contributed by atoms with Gasteiger partial charge >= 0.3 is 0 Å². The number of nitrogens with zero attached hydrogens (tertiary/aromatic N) is 1. The maximum absolute atomic E-state index is 4.33. The highest BCUT2D eigenvalue weighted by Gasteiger charge is 2.14. The Morgan fingerprint density at radius 2 is 1.65 bits per heavy atom. The van der Waals surface area contributed by atoms with E-state index in [0.29, 0.717) is 0 Å². The van der Waals surface area contributed by atoms with E-state index in [0.717, 1.165) is 24.7 Å². The highest BCUT2D eigenvalue weighted by atomic mass is 14.9. The minimum atomic E-state index is 0.731. The number of aryl methyl sites for hydroxylation is 1. The lowest BCUT2D eigenvalue weighted by Gasteiger charge is -2.22. The molecule has 0 saturated carbocycles. The van der Waals surface area contributed by atoms with Crippen LogP contribution in [0.25, 0.3) is 0 Å². The highest BCUT2D eigenvalue weighted by molar-refractivity contribution is 5.18. The minimum Gasteiger partial charge on any atom is -0.317 e. The lowest BCUT2D eigenvalue weighted by Crippen LogP contribution is -2.26. The van der Waals surface area contributed by atoms with Gasteiger partial charge in [0.2, 0.25) is 0 Å². The molecule has 0 bridgehead atoms. The van der Waals surface area contributed by atoms with Crippen LogP contribution in [0.2, 0.25) is 0 Å². The summed E-state index contributed by atoms with van der Waals surface area (Å²) in [4.78, 5) is 4.33. The van der Waals surface area contributed by atoms with Gasteiger partial charge in [0, 0.05) is 11.9 Å². The van der Waals surface area contributed by atoms with Gasteiger partial charge in [0.25, 0.3) is 0 Å². The second kappa shape index (κ2) is 10.3. The molecule has 2 rings (SSSR count). The zero-order valence-corrected chi connectivity index (χ0v) is 12.1. The predicted octanol–water partition coefficient (Wildman–Crippen LogP) is 3.91. The van der Waals surface area contributed by atoms with E-state index in [2.05, 4.69) is 22.4 Å². The minimum absolute atomic E-state index is 0.731. The number of piperidine rings is 1. The molecule has 0 aliphatic carbocycles. The molecule has 1 aromatic rings. The van der Waals surface area contributed by atoms with Crippen molar-refractivity contribution in [3.8, 4) is 0 Å². The van der Waals surface area contributed by atoms with Crippen LogP contribution in [0.3, 0.4) is 0 Å². The molecule has 98 valence electrons. The summed E-state index contributed by atoms with van der Waals surface area (Å²) in [5, 5.41) is 3.38. The van der Waals surface area contributed by atoms with Crippen molar-refractivity contribution < 1.29 is 0 Å². The maximum atomic E-state index is 4.33. The predicted molar refractivity (Wildman–Crippen MR) is 76.5 cm³/mol. The monoisotopic (exact) mass is 236 g/mol. The van der Waals surface area contributed by atoms with Gasteiger partial charge in [0.15, 0.2) is 0 Å². The second-order valence-electron chi connectivity index (χ2n) is 3.76. The SMILES string of the molecule is CC.CC.Cc1ccc(C2CCNCC2)cn1. The number of hydrogen-bond donors (Lipinski definition) is 1. The van der Waals surface area contributed by atoms with Crippen LogP contribution in [0, 0.1) is 6.92 Å². The van der Waals surface area contributed by atoms with Crippen molar-refractivity contribution in [3.05, 3.63) is 29.6 Å². The summed E-state index contributed by atoms with van der Waals surface area (Å²) >= 11 is 0. The molecule has 1 saturated heterocycles. The lowest BCUT2D eigenvalue weighted by atomic mass is 9.91. The molecule has 2 heteroatoms. The van der Waals surface area contributed by atoms with E-state index in [9.17, 15) is 0 Å². The molecule has 2 nitrogen and oxygen atoms in total. The Balaban J connectivity index is 0.000000581. The Morgan fingerprint density at radius 1 is 1.06 bits per heavy atom. The molecule has 0 atom stereocenters. The second-order valence-corrected chi connectivity index (χ2v) is 3.76. The topological polar surface area (TPSA) is 24.9 Å². The van der Waals surface area contributed by atoms with Gasteiger partial charge in [-0.05, 0) is 50.4 Å². The number of rotatable bonds is 1.